The van der Waals surface area contributed by atoms with Crippen molar-refractivity contribution in [2.75, 3.05) is 6.54 Å². The second-order valence-corrected chi connectivity index (χ2v) is 7.63. The van der Waals surface area contributed by atoms with Crippen LogP contribution >= 0.6 is 0 Å². The van der Waals surface area contributed by atoms with Crippen LogP contribution in [0.2, 0.25) is 0 Å². The third-order valence-electron chi connectivity index (χ3n) is 5.03. The number of aromatic amines is 1. The average molecular weight is 451 g/mol. The van der Waals surface area contributed by atoms with Gasteiger partial charge in [0.25, 0.3) is 0 Å². The number of amides is 4. The van der Waals surface area contributed by atoms with Crippen LogP contribution in [0.4, 0.5) is 0 Å². The summed E-state index contributed by atoms with van der Waals surface area (Å²) >= 11 is 0. The Labute approximate surface area is 184 Å². The molecule has 1 aliphatic heterocycles. The SMILES string of the molecule is CC(NC(=O)C1CCCN1)C(=O)NC(CCC(N)=O)C(=O)NC(Cc1cnc[nH]1)C(=O)O. The van der Waals surface area contributed by atoms with E-state index in [1.165, 1.54) is 19.4 Å². The van der Waals surface area contributed by atoms with E-state index in [4.69, 9.17) is 5.73 Å². The van der Waals surface area contributed by atoms with Crippen LogP contribution < -0.4 is 27.0 Å². The van der Waals surface area contributed by atoms with E-state index in [9.17, 15) is 29.1 Å². The minimum atomic E-state index is -1.29. The lowest BCUT2D eigenvalue weighted by Gasteiger charge is -2.23. The summed E-state index contributed by atoms with van der Waals surface area (Å²) in [6, 6.07) is -3.84. The summed E-state index contributed by atoms with van der Waals surface area (Å²) in [6.45, 7) is 2.18. The van der Waals surface area contributed by atoms with Gasteiger partial charge in [0.1, 0.15) is 18.1 Å². The van der Waals surface area contributed by atoms with E-state index in [1.54, 1.807) is 0 Å². The van der Waals surface area contributed by atoms with Crippen LogP contribution in [0.3, 0.4) is 0 Å². The Morgan fingerprint density at radius 1 is 1.19 bits per heavy atom. The topological polar surface area (TPSA) is 208 Å². The summed E-state index contributed by atoms with van der Waals surface area (Å²) in [5.74, 6) is -3.73. The maximum Gasteiger partial charge on any atom is 0.326 e. The summed E-state index contributed by atoms with van der Waals surface area (Å²) in [7, 11) is 0. The molecule has 0 radical (unpaired) electrons. The molecule has 2 heterocycles. The second-order valence-electron chi connectivity index (χ2n) is 7.63. The van der Waals surface area contributed by atoms with Gasteiger partial charge >= 0.3 is 5.97 Å². The number of aromatic nitrogens is 2. The smallest absolute Gasteiger partial charge is 0.326 e. The molecular weight excluding hydrogens is 422 g/mol. The van der Waals surface area contributed by atoms with Crippen molar-refractivity contribution in [3.63, 3.8) is 0 Å². The molecule has 4 amide bonds. The number of primary amides is 1. The monoisotopic (exact) mass is 451 g/mol. The van der Waals surface area contributed by atoms with Gasteiger partial charge < -0.3 is 37.1 Å². The highest BCUT2D eigenvalue weighted by Gasteiger charge is 2.30. The van der Waals surface area contributed by atoms with Crippen LogP contribution in [0.25, 0.3) is 0 Å². The van der Waals surface area contributed by atoms with Crippen molar-refractivity contribution in [2.45, 2.75) is 63.2 Å². The molecule has 8 N–H and O–H groups in total. The molecule has 1 aromatic heterocycles. The van der Waals surface area contributed by atoms with E-state index < -0.39 is 41.8 Å². The molecular formula is C19H29N7O6. The fourth-order valence-electron chi connectivity index (χ4n) is 3.23. The minimum Gasteiger partial charge on any atom is -0.480 e. The molecule has 2 rings (SSSR count). The number of carboxylic acid groups (broad SMARTS) is 1. The first-order valence-corrected chi connectivity index (χ1v) is 10.3. The molecule has 0 spiro atoms. The predicted octanol–water partition coefficient (Wildman–Crippen LogP) is -2.47. The van der Waals surface area contributed by atoms with E-state index in [-0.39, 0.29) is 31.2 Å². The number of carboxylic acids is 1. The number of carbonyl (C=O) groups excluding carboxylic acids is 4. The van der Waals surface area contributed by atoms with Crippen molar-refractivity contribution < 1.29 is 29.1 Å². The lowest BCUT2D eigenvalue weighted by atomic mass is 10.1. The normalized spacial score (nSPS) is 18.2. The lowest BCUT2D eigenvalue weighted by molar-refractivity contribution is -0.142. The molecule has 13 heteroatoms. The van der Waals surface area contributed by atoms with Crippen molar-refractivity contribution in [3.8, 4) is 0 Å². The molecule has 4 atom stereocenters. The zero-order valence-corrected chi connectivity index (χ0v) is 17.7. The molecule has 176 valence electrons. The van der Waals surface area contributed by atoms with Gasteiger partial charge in [-0.15, -0.1) is 0 Å². The highest BCUT2D eigenvalue weighted by molar-refractivity contribution is 5.94. The number of hydrogen-bond acceptors (Lipinski definition) is 7. The maximum absolute atomic E-state index is 12.7. The van der Waals surface area contributed by atoms with Crippen molar-refractivity contribution in [2.24, 2.45) is 5.73 Å². The van der Waals surface area contributed by atoms with Gasteiger partial charge in [0.15, 0.2) is 0 Å². The molecule has 1 aromatic rings. The van der Waals surface area contributed by atoms with Gasteiger partial charge in [0, 0.05) is 24.7 Å². The van der Waals surface area contributed by atoms with Crippen molar-refractivity contribution in [1.29, 1.82) is 0 Å². The molecule has 0 aromatic carbocycles. The summed E-state index contributed by atoms with van der Waals surface area (Å²) < 4.78 is 0. The Kier molecular flexibility index (Phi) is 9.13. The zero-order valence-electron chi connectivity index (χ0n) is 17.7. The lowest BCUT2D eigenvalue weighted by Crippen LogP contribution is -2.56. The molecule has 0 bridgehead atoms. The van der Waals surface area contributed by atoms with Crippen molar-refractivity contribution in [3.05, 3.63) is 18.2 Å². The van der Waals surface area contributed by atoms with Gasteiger partial charge in [-0.3, -0.25) is 19.2 Å². The van der Waals surface area contributed by atoms with Crippen LogP contribution in [-0.4, -0.2) is 75.4 Å². The van der Waals surface area contributed by atoms with Gasteiger partial charge in [-0.05, 0) is 32.7 Å². The van der Waals surface area contributed by atoms with E-state index in [1.807, 2.05) is 0 Å². The van der Waals surface area contributed by atoms with Gasteiger partial charge in [0.2, 0.25) is 23.6 Å². The quantitative estimate of drug-likeness (QED) is 0.181. The number of carbonyl (C=O) groups is 5. The molecule has 1 aliphatic rings. The van der Waals surface area contributed by atoms with Crippen LogP contribution in [-0.2, 0) is 30.4 Å². The Bertz CT molecular complexity index is 822. The Hall–Kier alpha value is -3.48. The van der Waals surface area contributed by atoms with Crippen LogP contribution in [0.1, 0.15) is 38.3 Å². The number of nitrogens with zero attached hydrogens (tertiary/aromatic N) is 1. The molecule has 4 unspecified atom stereocenters. The summed E-state index contributed by atoms with van der Waals surface area (Å²) in [5.41, 5.74) is 5.65. The first-order valence-electron chi connectivity index (χ1n) is 10.3. The number of rotatable bonds is 12. The Balaban J connectivity index is 2.00. The van der Waals surface area contributed by atoms with Gasteiger partial charge in [0.05, 0.1) is 12.4 Å². The minimum absolute atomic E-state index is 0.0571. The summed E-state index contributed by atoms with van der Waals surface area (Å²) in [5, 5.41) is 19.9. The maximum atomic E-state index is 12.7. The number of H-pyrrole nitrogens is 1. The van der Waals surface area contributed by atoms with Crippen LogP contribution in [0, 0.1) is 0 Å². The van der Waals surface area contributed by atoms with Gasteiger partial charge in [-0.1, -0.05) is 0 Å². The molecule has 0 aliphatic carbocycles. The highest BCUT2D eigenvalue weighted by atomic mass is 16.4. The second kappa shape index (κ2) is 11.8. The highest BCUT2D eigenvalue weighted by Crippen LogP contribution is 2.06. The number of nitrogens with two attached hydrogens (primary N) is 1. The average Bonchev–Trinajstić information content (AvgIpc) is 3.44. The number of nitrogens with one attached hydrogen (secondary N) is 5. The predicted molar refractivity (Wildman–Crippen MR) is 111 cm³/mol. The largest absolute Gasteiger partial charge is 0.480 e. The molecule has 13 nitrogen and oxygen atoms in total. The van der Waals surface area contributed by atoms with E-state index in [0.29, 0.717) is 12.1 Å². The van der Waals surface area contributed by atoms with E-state index in [0.717, 1.165) is 13.0 Å². The fourth-order valence-corrected chi connectivity index (χ4v) is 3.23. The van der Waals surface area contributed by atoms with Crippen molar-refractivity contribution in [1.82, 2.24) is 31.2 Å². The number of imidazole rings is 1. The summed E-state index contributed by atoms with van der Waals surface area (Å²) in [6.07, 6.45) is 3.94. The Morgan fingerprint density at radius 3 is 2.47 bits per heavy atom. The zero-order chi connectivity index (χ0) is 23.7. The van der Waals surface area contributed by atoms with Crippen LogP contribution in [0.5, 0.6) is 0 Å². The number of hydrogen-bond donors (Lipinski definition) is 7. The third-order valence-corrected chi connectivity index (χ3v) is 5.03. The molecule has 0 saturated carbocycles. The van der Waals surface area contributed by atoms with Crippen molar-refractivity contribution >= 4 is 29.6 Å². The molecule has 32 heavy (non-hydrogen) atoms. The van der Waals surface area contributed by atoms with Gasteiger partial charge in [-0.25, -0.2) is 9.78 Å². The van der Waals surface area contributed by atoms with E-state index >= 15 is 0 Å². The standard InChI is InChI=1S/C19H29N7O6/c1-10(24-17(29)12-3-2-6-22-12)16(28)25-13(4-5-15(20)27)18(30)26-14(19(31)32)7-11-8-21-9-23-11/h8-10,12-14,22H,2-7H2,1H3,(H2,20,27)(H,21,23)(H,24,29)(H,25,28)(H,26,30)(H,31,32). The first-order chi connectivity index (χ1) is 15.2. The van der Waals surface area contributed by atoms with Gasteiger partial charge in [-0.2, -0.15) is 0 Å². The van der Waals surface area contributed by atoms with E-state index in [2.05, 4.69) is 31.2 Å². The summed E-state index contributed by atoms with van der Waals surface area (Å²) in [4.78, 5) is 66.8. The molecule has 1 fully saturated rings. The molecule has 1 saturated heterocycles. The fraction of sp³-hybridized carbons (Fsp3) is 0.579. The third kappa shape index (κ3) is 7.65. The van der Waals surface area contributed by atoms with Crippen LogP contribution in [0.15, 0.2) is 12.5 Å². The number of aliphatic carboxylic acids is 1. The first kappa shape index (κ1) is 24.8. The Morgan fingerprint density at radius 2 is 1.91 bits per heavy atom.